The van der Waals surface area contributed by atoms with Gasteiger partial charge in [0.25, 0.3) is 0 Å². The number of phenols is 1. The van der Waals surface area contributed by atoms with Gasteiger partial charge in [0.15, 0.2) is 0 Å². The minimum absolute atomic E-state index is 0.341. The van der Waals surface area contributed by atoms with Crippen molar-refractivity contribution < 1.29 is 5.11 Å². The third-order valence-corrected chi connectivity index (χ3v) is 3.42. The summed E-state index contributed by atoms with van der Waals surface area (Å²) in [5, 5.41) is 10.6. The Balaban J connectivity index is 0.000000500. The molecule has 0 radical (unpaired) electrons. The van der Waals surface area contributed by atoms with E-state index < -0.39 is 0 Å². The standard InChI is InChI=1S/C19H16O.C4H8.C2H6/c1-14-12-17(15-8-4-2-5-9-15)19(20)18(13-14)16-10-6-3-7-11-16;1-4(2)3;1-2/h2-13,20H,1H3;1H2,2-3H3;1-2H3. The lowest BCUT2D eigenvalue weighted by molar-refractivity contribution is 0.479. The molecule has 0 heterocycles. The van der Waals surface area contributed by atoms with Crippen LogP contribution in [0.2, 0.25) is 0 Å². The Kier molecular flexibility index (Phi) is 8.94. The molecule has 0 unspecified atom stereocenters. The number of aryl methyl sites for hydroxylation is 1. The molecule has 136 valence electrons. The summed E-state index contributed by atoms with van der Waals surface area (Å²) in [5.41, 5.74) is 6.13. The second-order valence-electron chi connectivity index (χ2n) is 6.15. The molecule has 0 aliphatic carbocycles. The Bertz CT molecular complexity index is 738. The van der Waals surface area contributed by atoms with Crippen LogP contribution < -0.4 is 0 Å². The first kappa shape index (κ1) is 21.2. The number of aromatic hydroxyl groups is 1. The van der Waals surface area contributed by atoms with Gasteiger partial charge in [0, 0.05) is 11.1 Å². The highest BCUT2D eigenvalue weighted by Crippen LogP contribution is 2.38. The summed E-state index contributed by atoms with van der Waals surface area (Å²) >= 11 is 0. The molecule has 1 nitrogen and oxygen atoms in total. The SMILES string of the molecule is C=C(C)C.CC.Cc1cc(-c2ccccc2)c(O)c(-c2ccccc2)c1. The minimum atomic E-state index is 0.341. The topological polar surface area (TPSA) is 20.2 Å². The van der Waals surface area contributed by atoms with Gasteiger partial charge in [0.1, 0.15) is 5.75 Å². The van der Waals surface area contributed by atoms with Crippen molar-refractivity contribution in [1.29, 1.82) is 0 Å². The Labute approximate surface area is 158 Å². The largest absolute Gasteiger partial charge is 0.507 e. The van der Waals surface area contributed by atoms with Gasteiger partial charge in [-0.2, -0.15) is 0 Å². The molecule has 0 fully saturated rings. The third kappa shape index (κ3) is 6.25. The Morgan fingerprint density at radius 3 is 1.35 bits per heavy atom. The van der Waals surface area contributed by atoms with E-state index in [9.17, 15) is 5.11 Å². The van der Waals surface area contributed by atoms with E-state index in [0.717, 1.165) is 27.8 Å². The maximum Gasteiger partial charge on any atom is 0.131 e. The van der Waals surface area contributed by atoms with E-state index in [-0.39, 0.29) is 0 Å². The van der Waals surface area contributed by atoms with Gasteiger partial charge in [-0.25, -0.2) is 0 Å². The second kappa shape index (κ2) is 10.9. The average Bonchev–Trinajstić information content (AvgIpc) is 2.66. The fourth-order valence-corrected chi connectivity index (χ4v) is 2.45. The molecule has 3 aromatic rings. The molecule has 0 aliphatic heterocycles. The Morgan fingerprint density at radius 1 is 0.731 bits per heavy atom. The van der Waals surface area contributed by atoms with E-state index in [2.05, 4.69) is 13.5 Å². The lowest BCUT2D eigenvalue weighted by atomic mass is 9.95. The zero-order valence-corrected chi connectivity index (χ0v) is 16.6. The number of hydrogen-bond donors (Lipinski definition) is 1. The molecule has 1 heteroatoms. The molecule has 0 saturated heterocycles. The highest BCUT2D eigenvalue weighted by molar-refractivity contribution is 5.82. The van der Waals surface area contributed by atoms with Crippen molar-refractivity contribution >= 4 is 0 Å². The Hall–Kier alpha value is -2.80. The van der Waals surface area contributed by atoms with Gasteiger partial charge in [-0.3, -0.25) is 0 Å². The van der Waals surface area contributed by atoms with E-state index in [0.29, 0.717) is 5.75 Å². The first-order chi connectivity index (χ1) is 12.5. The van der Waals surface area contributed by atoms with E-state index in [1.54, 1.807) is 0 Å². The van der Waals surface area contributed by atoms with Crippen LogP contribution in [0.1, 0.15) is 33.3 Å². The molecule has 0 spiro atoms. The predicted molar refractivity (Wildman–Crippen MR) is 116 cm³/mol. The van der Waals surface area contributed by atoms with Gasteiger partial charge in [-0.1, -0.05) is 80.1 Å². The maximum absolute atomic E-state index is 10.6. The number of rotatable bonds is 2. The zero-order chi connectivity index (χ0) is 19.5. The highest BCUT2D eigenvalue weighted by Gasteiger charge is 2.11. The number of hydrogen-bond acceptors (Lipinski definition) is 1. The number of allylic oxidation sites excluding steroid dienone is 1. The summed E-state index contributed by atoms with van der Waals surface area (Å²) in [6.07, 6.45) is 0. The van der Waals surface area contributed by atoms with Crippen molar-refractivity contribution in [2.45, 2.75) is 34.6 Å². The van der Waals surface area contributed by atoms with Crippen molar-refractivity contribution in [3.63, 3.8) is 0 Å². The summed E-state index contributed by atoms with van der Waals surface area (Å²) in [4.78, 5) is 0. The molecular weight excluding hydrogens is 316 g/mol. The molecule has 0 saturated carbocycles. The van der Waals surface area contributed by atoms with Crippen LogP contribution in [-0.4, -0.2) is 5.11 Å². The van der Waals surface area contributed by atoms with Gasteiger partial charge >= 0.3 is 0 Å². The van der Waals surface area contributed by atoms with E-state index >= 15 is 0 Å². The summed E-state index contributed by atoms with van der Waals surface area (Å²) < 4.78 is 0. The minimum Gasteiger partial charge on any atom is -0.507 e. The van der Waals surface area contributed by atoms with E-state index in [1.807, 2.05) is 100 Å². The van der Waals surface area contributed by atoms with Gasteiger partial charge in [0.2, 0.25) is 0 Å². The summed E-state index contributed by atoms with van der Waals surface area (Å²) in [6, 6.07) is 24.0. The van der Waals surface area contributed by atoms with Crippen LogP contribution in [0, 0.1) is 6.92 Å². The fraction of sp³-hybridized carbons (Fsp3) is 0.200. The summed E-state index contributed by atoms with van der Waals surface area (Å²) in [6.45, 7) is 13.6. The molecular formula is C25H30O. The Morgan fingerprint density at radius 2 is 1.04 bits per heavy atom. The van der Waals surface area contributed by atoms with Crippen LogP contribution in [0.5, 0.6) is 5.75 Å². The lowest BCUT2D eigenvalue weighted by Gasteiger charge is -2.12. The average molecular weight is 347 g/mol. The molecule has 0 aliphatic rings. The van der Waals surface area contributed by atoms with Crippen LogP contribution >= 0.6 is 0 Å². The predicted octanol–water partition coefficient (Wildman–Crippen LogP) is 7.64. The van der Waals surface area contributed by atoms with Crippen LogP contribution in [-0.2, 0) is 0 Å². The monoisotopic (exact) mass is 346 g/mol. The second-order valence-corrected chi connectivity index (χ2v) is 6.15. The van der Waals surface area contributed by atoms with E-state index in [1.165, 1.54) is 5.57 Å². The van der Waals surface area contributed by atoms with Crippen LogP contribution in [0.3, 0.4) is 0 Å². The summed E-state index contributed by atoms with van der Waals surface area (Å²) in [5.74, 6) is 0.341. The molecule has 0 atom stereocenters. The zero-order valence-electron chi connectivity index (χ0n) is 16.6. The van der Waals surface area contributed by atoms with Crippen molar-refractivity contribution in [2.24, 2.45) is 0 Å². The summed E-state index contributed by atoms with van der Waals surface area (Å²) in [7, 11) is 0. The van der Waals surface area contributed by atoms with Crippen LogP contribution in [0.25, 0.3) is 22.3 Å². The van der Waals surface area contributed by atoms with Crippen molar-refractivity contribution in [3.8, 4) is 28.0 Å². The maximum atomic E-state index is 10.6. The lowest BCUT2D eigenvalue weighted by Crippen LogP contribution is -1.86. The smallest absolute Gasteiger partial charge is 0.131 e. The quantitative estimate of drug-likeness (QED) is 0.473. The van der Waals surface area contributed by atoms with Crippen molar-refractivity contribution in [2.75, 3.05) is 0 Å². The number of benzene rings is 3. The molecule has 0 amide bonds. The number of phenolic OH excluding ortho intramolecular Hbond substituents is 1. The molecule has 1 N–H and O–H groups in total. The molecule has 3 rings (SSSR count). The van der Waals surface area contributed by atoms with E-state index in [4.69, 9.17) is 0 Å². The third-order valence-electron chi connectivity index (χ3n) is 3.42. The first-order valence-corrected chi connectivity index (χ1v) is 9.05. The molecule has 3 aromatic carbocycles. The van der Waals surface area contributed by atoms with Gasteiger partial charge < -0.3 is 5.11 Å². The van der Waals surface area contributed by atoms with Gasteiger partial charge in [0.05, 0.1) is 0 Å². The van der Waals surface area contributed by atoms with Gasteiger partial charge in [-0.15, -0.1) is 6.58 Å². The molecule has 0 bridgehead atoms. The molecule has 26 heavy (non-hydrogen) atoms. The highest BCUT2D eigenvalue weighted by atomic mass is 16.3. The fourth-order valence-electron chi connectivity index (χ4n) is 2.45. The van der Waals surface area contributed by atoms with Crippen LogP contribution in [0.4, 0.5) is 0 Å². The van der Waals surface area contributed by atoms with Crippen LogP contribution in [0.15, 0.2) is 84.9 Å². The molecule has 0 aromatic heterocycles. The first-order valence-electron chi connectivity index (χ1n) is 9.05. The van der Waals surface area contributed by atoms with Gasteiger partial charge in [-0.05, 0) is 49.6 Å². The van der Waals surface area contributed by atoms with Crippen molar-refractivity contribution in [3.05, 3.63) is 90.5 Å². The van der Waals surface area contributed by atoms with Crippen molar-refractivity contribution in [1.82, 2.24) is 0 Å². The normalized spacial score (nSPS) is 9.27.